The minimum Gasteiger partial charge on any atom is -0.466 e. The molecule has 3 rings (SSSR count). The number of Topliss-reactive ketones (excluding diaryl/α,β-unsaturated/α-hetero) is 1. The Kier molecular flexibility index (Phi) is 6.44. The molecule has 6 nitrogen and oxygen atoms in total. The van der Waals surface area contributed by atoms with Crippen molar-refractivity contribution < 1.29 is 23.6 Å². The van der Waals surface area contributed by atoms with Crippen LogP contribution in [0.1, 0.15) is 45.1 Å². The summed E-state index contributed by atoms with van der Waals surface area (Å²) in [6.45, 7) is 5.20. The van der Waals surface area contributed by atoms with E-state index >= 15 is 0 Å². The molecule has 1 saturated heterocycles. The number of hydrogen-bond donors (Lipinski definition) is 0. The molecule has 28 heavy (non-hydrogen) atoms. The van der Waals surface area contributed by atoms with Gasteiger partial charge in [-0.25, -0.2) is 4.39 Å². The lowest BCUT2D eigenvalue weighted by molar-refractivity contribution is -0.162. The Morgan fingerprint density at radius 1 is 1.39 bits per heavy atom. The monoisotopic (exact) mass is 390 g/mol. The number of rotatable bonds is 7. The van der Waals surface area contributed by atoms with Crippen LogP contribution in [0.3, 0.4) is 0 Å². The van der Waals surface area contributed by atoms with Crippen molar-refractivity contribution in [2.45, 2.75) is 45.6 Å². The SMILES string of the molecule is CCOC(=O)C1(CC2CC(c3ccccc3F)=NO2)CCCN(CC(C)=O)C1. The molecule has 0 N–H and O–H groups in total. The van der Waals surface area contributed by atoms with Gasteiger partial charge in [0.15, 0.2) is 0 Å². The van der Waals surface area contributed by atoms with Crippen LogP contribution in [-0.2, 0) is 19.2 Å². The van der Waals surface area contributed by atoms with Gasteiger partial charge >= 0.3 is 5.97 Å². The summed E-state index contributed by atoms with van der Waals surface area (Å²) in [6.07, 6.45) is 2.03. The van der Waals surface area contributed by atoms with Gasteiger partial charge in [0.25, 0.3) is 0 Å². The Morgan fingerprint density at radius 3 is 2.89 bits per heavy atom. The molecule has 0 radical (unpaired) electrons. The molecule has 0 aromatic heterocycles. The fourth-order valence-electron chi connectivity index (χ4n) is 4.21. The predicted molar refractivity (Wildman–Crippen MR) is 102 cm³/mol. The second-order valence-electron chi connectivity index (χ2n) is 7.67. The van der Waals surface area contributed by atoms with E-state index < -0.39 is 5.41 Å². The lowest BCUT2D eigenvalue weighted by Crippen LogP contribution is -2.51. The molecule has 0 aliphatic carbocycles. The van der Waals surface area contributed by atoms with Crippen LogP contribution in [0.4, 0.5) is 4.39 Å². The number of ketones is 1. The first kappa shape index (κ1) is 20.5. The van der Waals surface area contributed by atoms with Gasteiger partial charge in [-0.05, 0) is 39.3 Å². The number of likely N-dealkylation sites (tertiary alicyclic amines) is 1. The molecule has 2 unspecified atom stereocenters. The Bertz CT molecular complexity index is 767. The molecule has 7 heteroatoms. The van der Waals surface area contributed by atoms with Gasteiger partial charge in [-0.2, -0.15) is 0 Å². The van der Waals surface area contributed by atoms with Gasteiger partial charge in [-0.1, -0.05) is 23.4 Å². The van der Waals surface area contributed by atoms with Crippen molar-refractivity contribution in [1.82, 2.24) is 4.90 Å². The quantitative estimate of drug-likeness (QED) is 0.670. The minimum absolute atomic E-state index is 0.0712. The molecule has 0 amide bonds. The average molecular weight is 390 g/mol. The van der Waals surface area contributed by atoms with Gasteiger partial charge in [-0.3, -0.25) is 14.5 Å². The van der Waals surface area contributed by atoms with Crippen molar-refractivity contribution in [2.24, 2.45) is 10.6 Å². The van der Waals surface area contributed by atoms with Gasteiger partial charge < -0.3 is 9.57 Å². The molecule has 2 aliphatic rings. The van der Waals surface area contributed by atoms with Crippen LogP contribution in [0, 0.1) is 11.2 Å². The van der Waals surface area contributed by atoms with E-state index in [-0.39, 0.29) is 23.7 Å². The molecule has 0 spiro atoms. The van der Waals surface area contributed by atoms with Crippen molar-refractivity contribution in [2.75, 3.05) is 26.2 Å². The van der Waals surface area contributed by atoms with Crippen LogP contribution >= 0.6 is 0 Å². The predicted octanol–water partition coefficient (Wildman–Crippen LogP) is 2.94. The van der Waals surface area contributed by atoms with Gasteiger partial charge in [0.1, 0.15) is 17.7 Å². The van der Waals surface area contributed by atoms with Crippen molar-refractivity contribution in [3.05, 3.63) is 35.6 Å². The summed E-state index contributed by atoms with van der Waals surface area (Å²) >= 11 is 0. The molecule has 2 heterocycles. The lowest BCUT2D eigenvalue weighted by atomic mass is 9.74. The number of benzene rings is 1. The third kappa shape index (κ3) is 4.58. The van der Waals surface area contributed by atoms with Crippen molar-refractivity contribution in [3.63, 3.8) is 0 Å². The maximum absolute atomic E-state index is 14.1. The van der Waals surface area contributed by atoms with E-state index in [2.05, 4.69) is 5.16 Å². The highest BCUT2D eigenvalue weighted by atomic mass is 19.1. The van der Waals surface area contributed by atoms with E-state index in [9.17, 15) is 14.0 Å². The summed E-state index contributed by atoms with van der Waals surface area (Å²) in [4.78, 5) is 32.0. The number of esters is 1. The summed E-state index contributed by atoms with van der Waals surface area (Å²) in [5.74, 6) is -0.524. The van der Waals surface area contributed by atoms with Crippen LogP contribution < -0.4 is 0 Å². The van der Waals surface area contributed by atoms with Gasteiger partial charge in [0.05, 0.1) is 24.3 Å². The van der Waals surface area contributed by atoms with E-state index in [1.807, 2.05) is 4.90 Å². The number of ether oxygens (including phenoxy) is 1. The fraction of sp³-hybridized carbons (Fsp3) is 0.571. The lowest BCUT2D eigenvalue weighted by Gasteiger charge is -2.41. The van der Waals surface area contributed by atoms with Crippen LogP contribution in [0.25, 0.3) is 0 Å². The first-order chi connectivity index (χ1) is 13.4. The van der Waals surface area contributed by atoms with E-state index in [0.717, 1.165) is 13.0 Å². The molecule has 1 aromatic rings. The molecule has 2 aliphatic heterocycles. The Hall–Kier alpha value is -2.28. The van der Waals surface area contributed by atoms with Crippen LogP contribution in [0.5, 0.6) is 0 Å². The largest absolute Gasteiger partial charge is 0.466 e. The highest BCUT2D eigenvalue weighted by molar-refractivity contribution is 6.01. The topological polar surface area (TPSA) is 68.2 Å². The second kappa shape index (κ2) is 8.82. The number of nitrogens with zero attached hydrogens (tertiary/aromatic N) is 2. The molecule has 1 fully saturated rings. The molecule has 0 bridgehead atoms. The molecule has 2 atom stereocenters. The molecule has 152 valence electrons. The molecule has 0 saturated carbocycles. The molecular weight excluding hydrogens is 363 g/mol. The van der Waals surface area contributed by atoms with E-state index in [0.29, 0.717) is 50.2 Å². The molecule has 1 aromatic carbocycles. The highest BCUT2D eigenvalue weighted by Gasteiger charge is 2.46. The maximum atomic E-state index is 14.1. The second-order valence-corrected chi connectivity index (χ2v) is 7.67. The first-order valence-electron chi connectivity index (χ1n) is 9.80. The maximum Gasteiger partial charge on any atom is 0.313 e. The highest BCUT2D eigenvalue weighted by Crippen LogP contribution is 2.39. The molecular formula is C21H27FN2O4. The Labute approximate surface area is 164 Å². The first-order valence-corrected chi connectivity index (χ1v) is 9.80. The number of halogens is 1. The Balaban J connectivity index is 1.73. The van der Waals surface area contributed by atoms with Crippen molar-refractivity contribution in [3.8, 4) is 0 Å². The smallest absolute Gasteiger partial charge is 0.313 e. The number of hydrogen-bond acceptors (Lipinski definition) is 6. The van der Waals surface area contributed by atoms with Crippen LogP contribution in [0.2, 0.25) is 0 Å². The summed E-state index contributed by atoms with van der Waals surface area (Å²) in [7, 11) is 0. The van der Waals surface area contributed by atoms with E-state index in [1.54, 1.807) is 32.0 Å². The number of piperidine rings is 1. The zero-order chi connectivity index (χ0) is 20.1. The summed E-state index contributed by atoms with van der Waals surface area (Å²) < 4.78 is 19.4. The van der Waals surface area contributed by atoms with E-state index in [4.69, 9.17) is 9.57 Å². The van der Waals surface area contributed by atoms with Gasteiger partial charge in [-0.15, -0.1) is 0 Å². The standard InChI is InChI=1S/C21H27FN2O4/c1-3-27-20(26)21(9-6-10-24(14-21)13-15(2)25)12-16-11-19(23-28-16)17-7-4-5-8-18(17)22/h4-5,7-8,16H,3,6,9-14H2,1-2H3. The third-order valence-corrected chi connectivity index (χ3v) is 5.35. The van der Waals surface area contributed by atoms with Crippen molar-refractivity contribution in [1.29, 1.82) is 0 Å². The van der Waals surface area contributed by atoms with E-state index in [1.165, 1.54) is 6.07 Å². The summed E-state index contributed by atoms with van der Waals surface area (Å²) in [6, 6.07) is 6.46. The van der Waals surface area contributed by atoms with Crippen LogP contribution in [-0.4, -0.2) is 54.7 Å². The summed E-state index contributed by atoms with van der Waals surface area (Å²) in [5.41, 5.74) is 0.240. The zero-order valence-electron chi connectivity index (χ0n) is 16.4. The fourth-order valence-corrected chi connectivity index (χ4v) is 4.21. The zero-order valence-corrected chi connectivity index (χ0v) is 16.4. The number of carbonyl (C=O) groups is 2. The van der Waals surface area contributed by atoms with Gasteiger partial charge in [0, 0.05) is 24.9 Å². The minimum atomic E-state index is -0.741. The van der Waals surface area contributed by atoms with Gasteiger partial charge in [0.2, 0.25) is 0 Å². The number of carbonyl (C=O) groups excluding carboxylic acids is 2. The summed E-state index contributed by atoms with van der Waals surface area (Å²) in [5, 5.41) is 4.07. The average Bonchev–Trinajstić information content (AvgIpc) is 3.10. The van der Waals surface area contributed by atoms with Crippen molar-refractivity contribution >= 4 is 17.5 Å². The normalized spacial score (nSPS) is 25.1. The number of oxime groups is 1. The third-order valence-electron chi connectivity index (χ3n) is 5.35. The van der Waals surface area contributed by atoms with Crippen LogP contribution in [0.15, 0.2) is 29.4 Å². The Morgan fingerprint density at radius 2 is 2.18 bits per heavy atom.